The van der Waals surface area contributed by atoms with Gasteiger partial charge in [-0.2, -0.15) is 13.2 Å². The SMILES string of the molecule is C=C(F)C(=O)N1CC(n2c(=O)n(-c3ccc(C(F)(F)F)cc3)c3nccc(C(=O)N4CC(CO)C4)c32)C1. The van der Waals surface area contributed by atoms with Crippen molar-refractivity contribution >= 4 is 23.0 Å². The lowest BCUT2D eigenvalue weighted by Crippen LogP contribution is -2.53. The van der Waals surface area contributed by atoms with Gasteiger partial charge in [-0.05, 0) is 30.3 Å². The van der Waals surface area contributed by atoms with E-state index in [9.17, 15) is 37.1 Å². The maximum absolute atomic E-state index is 13.7. The molecule has 0 saturated carbocycles. The number of fused-ring (bicyclic) bond motifs is 1. The van der Waals surface area contributed by atoms with E-state index in [1.165, 1.54) is 21.7 Å². The lowest BCUT2D eigenvalue weighted by atomic mass is 10.00. The molecule has 3 aromatic rings. The van der Waals surface area contributed by atoms with Crippen molar-refractivity contribution in [2.24, 2.45) is 5.92 Å². The van der Waals surface area contributed by atoms with E-state index in [2.05, 4.69) is 11.6 Å². The molecular weight excluding hydrogens is 498 g/mol. The first kappa shape index (κ1) is 24.7. The monoisotopic (exact) mass is 519 g/mol. The summed E-state index contributed by atoms with van der Waals surface area (Å²) in [7, 11) is 0. The first-order valence-electron chi connectivity index (χ1n) is 11.3. The van der Waals surface area contributed by atoms with E-state index >= 15 is 0 Å². The van der Waals surface area contributed by atoms with Crippen molar-refractivity contribution < 1.29 is 32.3 Å². The Balaban J connectivity index is 1.63. The highest BCUT2D eigenvalue weighted by atomic mass is 19.4. The van der Waals surface area contributed by atoms with Gasteiger partial charge in [0.05, 0.1) is 22.9 Å². The van der Waals surface area contributed by atoms with Crippen LogP contribution in [-0.2, 0) is 11.0 Å². The highest BCUT2D eigenvalue weighted by Gasteiger charge is 2.39. The average Bonchev–Trinajstić information content (AvgIpc) is 3.08. The van der Waals surface area contributed by atoms with Gasteiger partial charge >= 0.3 is 11.9 Å². The van der Waals surface area contributed by atoms with Crippen LogP contribution in [0.25, 0.3) is 16.9 Å². The number of amides is 2. The van der Waals surface area contributed by atoms with Crippen LogP contribution in [0.15, 0.2) is 53.7 Å². The predicted molar refractivity (Wildman–Crippen MR) is 123 cm³/mol. The van der Waals surface area contributed by atoms with Gasteiger partial charge in [0.15, 0.2) is 11.5 Å². The Kier molecular flexibility index (Phi) is 5.89. The van der Waals surface area contributed by atoms with Crippen molar-refractivity contribution in [2.45, 2.75) is 12.2 Å². The third-order valence-corrected chi connectivity index (χ3v) is 6.69. The summed E-state index contributed by atoms with van der Waals surface area (Å²) in [6.45, 7) is 3.50. The maximum atomic E-state index is 13.7. The topological polar surface area (TPSA) is 101 Å². The number of aliphatic hydroxyl groups is 1. The number of hydrogen-bond donors (Lipinski definition) is 1. The van der Waals surface area contributed by atoms with Crippen molar-refractivity contribution in [2.75, 3.05) is 32.8 Å². The minimum absolute atomic E-state index is 0.0351. The standard InChI is InChI=1S/C24H21F4N5O4/c1-13(25)21(35)31-10-17(11-31)32-19-18(22(36)30-8-14(9-30)12-34)6-7-29-20(19)33(23(32)37)16-4-2-15(3-5-16)24(26,27)28/h2-7,14,17,34H,1,8-12H2. The fourth-order valence-corrected chi connectivity index (χ4v) is 4.66. The van der Waals surface area contributed by atoms with Gasteiger partial charge in [0.2, 0.25) is 0 Å². The van der Waals surface area contributed by atoms with Crippen molar-refractivity contribution in [3.05, 3.63) is 70.5 Å². The van der Waals surface area contributed by atoms with Crippen LogP contribution in [0.5, 0.6) is 0 Å². The second-order valence-electron chi connectivity index (χ2n) is 9.09. The number of carbonyl (C=O) groups excluding carboxylic acids is 2. The first-order chi connectivity index (χ1) is 17.5. The van der Waals surface area contributed by atoms with Crippen LogP contribution in [-0.4, -0.2) is 73.6 Å². The number of carbonyl (C=O) groups is 2. The number of aromatic nitrogens is 3. The molecule has 1 aromatic carbocycles. The molecule has 13 heteroatoms. The molecule has 194 valence electrons. The average molecular weight is 519 g/mol. The molecule has 2 aliphatic rings. The number of rotatable bonds is 5. The fourth-order valence-electron chi connectivity index (χ4n) is 4.66. The molecule has 5 rings (SSSR count). The molecule has 1 N–H and O–H groups in total. The van der Waals surface area contributed by atoms with Crippen LogP contribution in [0.2, 0.25) is 0 Å². The fraction of sp³-hybridized carbons (Fsp3) is 0.333. The Morgan fingerprint density at radius 2 is 1.70 bits per heavy atom. The van der Waals surface area contributed by atoms with Crippen molar-refractivity contribution in [3.63, 3.8) is 0 Å². The zero-order valence-corrected chi connectivity index (χ0v) is 19.3. The van der Waals surface area contributed by atoms with Crippen molar-refractivity contribution in [3.8, 4) is 5.69 Å². The molecule has 2 amide bonds. The van der Waals surface area contributed by atoms with Gasteiger partial charge in [-0.15, -0.1) is 0 Å². The largest absolute Gasteiger partial charge is 0.416 e. The van der Waals surface area contributed by atoms with Crippen LogP contribution < -0.4 is 5.69 Å². The third-order valence-electron chi connectivity index (χ3n) is 6.69. The number of hydrogen-bond acceptors (Lipinski definition) is 5. The molecule has 0 unspecified atom stereocenters. The van der Waals surface area contributed by atoms with Crippen LogP contribution in [0.4, 0.5) is 17.6 Å². The van der Waals surface area contributed by atoms with Gasteiger partial charge in [0.1, 0.15) is 5.52 Å². The number of likely N-dealkylation sites (tertiary alicyclic amines) is 2. The summed E-state index contributed by atoms with van der Waals surface area (Å²) in [4.78, 5) is 45.8. The molecule has 0 atom stereocenters. The van der Waals surface area contributed by atoms with E-state index in [1.807, 2.05) is 0 Å². The van der Waals surface area contributed by atoms with E-state index in [0.717, 1.165) is 33.7 Å². The minimum atomic E-state index is -4.57. The maximum Gasteiger partial charge on any atom is 0.416 e. The summed E-state index contributed by atoms with van der Waals surface area (Å²) in [6.07, 6.45) is -3.24. The van der Waals surface area contributed by atoms with Gasteiger partial charge in [0, 0.05) is 44.9 Å². The number of alkyl halides is 3. The molecular formula is C24H21F4N5O4. The number of imidazole rings is 1. The molecule has 9 nitrogen and oxygen atoms in total. The molecule has 2 aliphatic heterocycles. The highest BCUT2D eigenvalue weighted by Crippen LogP contribution is 2.32. The summed E-state index contributed by atoms with van der Waals surface area (Å²) in [6, 6.07) is 4.75. The Bertz CT molecular complexity index is 1470. The van der Waals surface area contributed by atoms with Gasteiger partial charge in [-0.25, -0.2) is 18.7 Å². The van der Waals surface area contributed by atoms with E-state index in [4.69, 9.17) is 0 Å². The number of nitrogens with zero attached hydrogens (tertiary/aromatic N) is 5. The molecule has 0 radical (unpaired) electrons. The molecule has 4 heterocycles. The first-order valence-corrected chi connectivity index (χ1v) is 11.3. The molecule has 2 aromatic heterocycles. The Morgan fingerprint density at radius 1 is 1.05 bits per heavy atom. The van der Waals surface area contributed by atoms with Crippen molar-refractivity contribution in [1.29, 1.82) is 0 Å². The molecule has 0 aliphatic carbocycles. The summed E-state index contributed by atoms with van der Waals surface area (Å²) in [5.74, 6) is -2.52. The number of aliphatic hydroxyl groups excluding tert-OH is 1. The van der Waals surface area contributed by atoms with Gasteiger partial charge in [-0.1, -0.05) is 6.58 Å². The Labute approximate surface area is 206 Å². The second-order valence-corrected chi connectivity index (χ2v) is 9.09. The summed E-state index contributed by atoms with van der Waals surface area (Å²) >= 11 is 0. The zero-order valence-electron chi connectivity index (χ0n) is 19.3. The zero-order chi connectivity index (χ0) is 26.6. The number of benzene rings is 1. The lowest BCUT2D eigenvalue weighted by molar-refractivity contribution is -0.137. The smallest absolute Gasteiger partial charge is 0.396 e. The number of pyridine rings is 1. The third kappa shape index (κ3) is 4.08. The van der Waals surface area contributed by atoms with E-state index in [1.54, 1.807) is 0 Å². The van der Waals surface area contributed by atoms with Gasteiger partial charge in [0.25, 0.3) is 11.8 Å². The molecule has 0 bridgehead atoms. The van der Waals surface area contributed by atoms with E-state index in [0.29, 0.717) is 13.1 Å². The molecule has 2 fully saturated rings. The minimum Gasteiger partial charge on any atom is -0.396 e. The molecule has 0 spiro atoms. The predicted octanol–water partition coefficient (Wildman–Crippen LogP) is 2.14. The second kappa shape index (κ2) is 8.83. The quantitative estimate of drug-likeness (QED) is 0.411. The summed E-state index contributed by atoms with van der Waals surface area (Å²) < 4.78 is 54.9. The highest BCUT2D eigenvalue weighted by molar-refractivity contribution is 6.05. The summed E-state index contributed by atoms with van der Waals surface area (Å²) in [5, 5.41) is 9.30. The molecule has 2 saturated heterocycles. The number of halogens is 4. The lowest BCUT2D eigenvalue weighted by Gasteiger charge is -2.40. The van der Waals surface area contributed by atoms with Crippen molar-refractivity contribution in [1.82, 2.24) is 23.9 Å². The van der Waals surface area contributed by atoms with Crippen LogP contribution >= 0.6 is 0 Å². The normalized spacial score (nSPS) is 16.6. The summed E-state index contributed by atoms with van der Waals surface area (Å²) in [5.41, 5.74) is -1.12. The van der Waals surface area contributed by atoms with Crippen LogP contribution in [0.1, 0.15) is 22.0 Å². The van der Waals surface area contributed by atoms with Gasteiger partial charge in [-0.3, -0.25) is 14.2 Å². The van der Waals surface area contributed by atoms with Crippen LogP contribution in [0.3, 0.4) is 0 Å². The molecule has 37 heavy (non-hydrogen) atoms. The van der Waals surface area contributed by atoms with Crippen LogP contribution in [0, 0.1) is 5.92 Å². The van der Waals surface area contributed by atoms with E-state index in [-0.39, 0.29) is 48.0 Å². The van der Waals surface area contributed by atoms with Gasteiger partial charge < -0.3 is 14.9 Å². The Hall–Kier alpha value is -4.00. The van der Waals surface area contributed by atoms with E-state index < -0.39 is 41.1 Å². The Morgan fingerprint density at radius 3 is 2.27 bits per heavy atom.